The van der Waals surface area contributed by atoms with Crippen molar-refractivity contribution in [1.29, 1.82) is 0 Å². The fourth-order valence-electron chi connectivity index (χ4n) is 1.82. The van der Waals surface area contributed by atoms with E-state index >= 15 is 0 Å². The van der Waals surface area contributed by atoms with Crippen molar-refractivity contribution in [3.63, 3.8) is 0 Å². The van der Waals surface area contributed by atoms with E-state index in [-0.39, 0.29) is 24.5 Å². The van der Waals surface area contributed by atoms with Crippen LogP contribution in [-0.2, 0) is 16.1 Å². The Bertz CT molecular complexity index is 694. The molecule has 0 aliphatic carbocycles. The predicted octanol–water partition coefficient (Wildman–Crippen LogP) is 2.50. The highest BCUT2D eigenvalue weighted by Gasteiger charge is 2.16. The van der Waals surface area contributed by atoms with Gasteiger partial charge in [0.05, 0.1) is 18.3 Å². The van der Waals surface area contributed by atoms with Crippen LogP contribution in [0.2, 0.25) is 0 Å². The van der Waals surface area contributed by atoms with Crippen LogP contribution < -0.4 is 5.56 Å². The first kappa shape index (κ1) is 14.7. The Morgan fingerprint density at radius 2 is 2.15 bits per heavy atom. The average Bonchev–Trinajstić information content (AvgIpc) is 2.69. The standard InChI is InChI=1S/C14H18N2O3S/c1-9-7-20-12-11(9)15-8-16(13(12)18)6-5-10(17)19-14(2,3)4/h7-8H,5-6H2,1-4H3. The zero-order chi connectivity index (χ0) is 14.9. The molecule has 2 rings (SSSR count). The number of aromatic nitrogens is 2. The van der Waals surface area contributed by atoms with E-state index in [4.69, 9.17) is 4.74 Å². The quantitative estimate of drug-likeness (QED) is 0.816. The lowest BCUT2D eigenvalue weighted by Crippen LogP contribution is -2.26. The van der Waals surface area contributed by atoms with Crippen molar-refractivity contribution in [2.24, 2.45) is 0 Å². The van der Waals surface area contributed by atoms with Gasteiger partial charge in [-0.05, 0) is 38.6 Å². The fourth-order valence-corrected chi connectivity index (χ4v) is 2.77. The summed E-state index contributed by atoms with van der Waals surface area (Å²) in [4.78, 5) is 28.2. The molecule has 20 heavy (non-hydrogen) atoms. The number of rotatable bonds is 3. The van der Waals surface area contributed by atoms with Crippen LogP contribution in [0.1, 0.15) is 32.8 Å². The first-order valence-electron chi connectivity index (χ1n) is 6.43. The Balaban J connectivity index is 2.13. The second-order valence-corrected chi connectivity index (χ2v) is 6.56. The van der Waals surface area contributed by atoms with Crippen LogP contribution >= 0.6 is 11.3 Å². The van der Waals surface area contributed by atoms with Crippen molar-refractivity contribution < 1.29 is 9.53 Å². The summed E-state index contributed by atoms with van der Waals surface area (Å²) in [7, 11) is 0. The van der Waals surface area contributed by atoms with Gasteiger partial charge in [0, 0.05) is 6.54 Å². The number of hydrogen-bond acceptors (Lipinski definition) is 5. The molecule has 5 nitrogen and oxygen atoms in total. The van der Waals surface area contributed by atoms with Gasteiger partial charge in [-0.2, -0.15) is 0 Å². The maximum Gasteiger partial charge on any atom is 0.308 e. The molecule has 0 radical (unpaired) electrons. The minimum Gasteiger partial charge on any atom is -0.460 e. The number of aryl methyl sites for hydroxylation is 2. The molecule has 0 spiro atoms. The van der Waals surface area contributed by atoms with E-state index in [1.54, 1.807) is 0 Å². The lowest BCUT2D eigenvalue weighted by Gasteiger charge is -2.19. The number of hydrogen-bond donors (Lipinski definition) is 0. The molecule has 0 amide bonds. The van der Waals surface area contributed by atoms with Crippen LogP contribution in [0.3, 0.4) is 0 Å². The van der Waals surface area contributed by atoms with Gasteiger partial charge in [-0.3, -0.25) is 14.2 Å². The minimum absolute atomic E-state index is 0.100. The number of fused-ring (bicyclic) bond motifs is 1. The van der Waals surface area contributed by atoms with Crippen LogP contribution in [0.15, 0.2) is 16.5 Å². The van der Waals surface area contributed by atoms with Crippen molar-refractivity contribution in [2.75, 3.05) is 0 Å². The summed E-state index contributed by atoms with van der Waals surface area (Å²) in [6, 6.07) is 0. The Morgan fingerprint density at radius 1 is 1.45 bits per heavy atom. The molecule has 0 N–H and O–H groups in total. The molecule has 0 fully saturated rings. The van der Waals surface area contributed by atoms with Crippen molar-refractivity contribution in [3.8, 4) is 0 Å². The molecule has 0 saturated heterocycles. The van der Waals surface area contributed by atoms with Gasteiger partial charge in [0.2, 0.25) is 0 Å². The van der Waals surface area contributed by atoms with Crippen LogP contribution in [0.4, 0.5) is 0 Å². The van der Waals surface area contributed by atoms with Crippen LogP contribution in [0.25, 0.3) is 10.2 Å². The Hall–Kier alpha value is -1.69. The van der Waals surface area contributed by atoms with E-state index in [0.29, 0.717) is 4.70 Å². The van der Waals surface area contributed by atoms with Crippen LogP contribution in [-0.4, -0.2) is 21.1 Å². The zero-order valence-corrected chi connectivity index (χ0v) is 12.9. The number of ether oxygens (including phenoxy) is 1. The lowest BCUT2D eigenvalue weighted by atomic mass is 10.2. The summed E-state index contributed by atoms with van der Waals surface area (Å²) >= 11 is 1.39. The maximum atomic E-state index is 12.2. The smallest absolute Gasteiger partial charge is 0.308 e. The van der Waals surface area contributed by atoms with E-state index in [1.807, 2.05) is 33.1 Å². The van der Waals surface area contributed by atoms with Gasteiger partial charge in [0.15, 0.2) is 0 Å². The first-order chi connectivity index (χ1) is 9.28. The van der Waals surface area contributed by atoms with E-state index in [2.05, 4.69) is 4.98 Å². The fraction of sp³-hybridized carbons (Fsp3) is 0.500. The van der Waals surface area contributed by atoms with Crippen molar-refractivity contribution in [3.05, 3.63) is 27.6 Å². The molecule has 2 heterocycles. The molecule has 0 unspecified atom stereocenters. The second kappa shape index (κ2) is 5.36. The average molecular weight is 294 g/mol. The second-order valence-electron chi connectivity index (χ2n) is 5.68. The summed E-state index contributed by atoms with van der Waals surface area (Å²) in [5.74, 6) is -0.313. The van der Waals surface area contributed by atoms with E-state index in [9.17, 15) is 9.59 Å². The molecule has 0 bridgehead atoms. The van der Waals surface area contributed by atoms with Crippen LogP contribution in [0, 0.1) is 6.92 Å². The third kappa shape index (κ3) is 3.25. The normalized spacial score (nSPS) is 11.8. The predicted molar refractivity (Wildman–Crippen MR) is 79.1 cm³/mol. The van der Waals surface area contributed by atoms with Crippen LogP contribution in [0.5, 0.6) is 0 Å². The summed E-state index contributed by atoms with van der Waals surface area (Å²) in [6.07, 6.45) is 1.66. The van der Waals surface area contributed by atoms with Gasteiger partial charge in [0.25, 0.3) is 5.56 Å². The minimum atomic E-state index is -0.505. The highest BCUT2D eigenvalue weighted by molar-refractivity contribution is 7.17. The van der Waals surface area contributed by atoms with Gasteiger partial charge < -0.3 is 4.74 Å². The lowest BCUT2D eigenvalue weighted by molar-refractivity contribution is -0.155. The molecule has 6 heteroatoms. The highest BCUT2D eigenvalue weighted by atomic mass is 32.1. The molecule has 2 aromatic heterocycles. The molecule has 0 aliphatic rings. The Kier molecular flexibility index (Phi) is 3.94. The number of carbonyl (C=O) groups excluding carboxylic acids is 1. The third-order valence-corrected chi connectivity index (χ3v) is 3.78. The molecular weight excluding hydrogens is 276 g/mol. The molecule has 0 aliphatic heterocycles. The summed E-state index contributed by atoms with van der Waals surface area (Å²) in [5.41, 5.74) is 1.14. The van der Waals surface area contributed by atoms with Gasteiger partial charge in [0.1, 0.15) is 10.3 Å². The van der Waals surface area contributed by atoms with Crippen molar-refractivity contribution in [1.82, 2.24) is 9.55 Å². The monoisotopic (exact) mass is 294 g/mol. The third-order valence-electron chi connectivity index (χ3n) is 2.70. The molecule has 2 aromatic rings. The summed E-state index contributed by atoms with van der Waals surface area (Å²) in [6.45, 7) is 7.67. The number of esters is 1. The number of nitrogens with zero attached hydrogens (tertiary/aromatic N) is 2. The van der Waals surface area contributed by atoms with E-state index < -0.39 is 5.60 Å². The van der Waals surface area contributed by atoms with Crippen molar-refractivity contribution in [2.45, 2.75) is 46.3 Å². The van der Waals surface area contributed by atoms with Gasteiger partial charge in [-0.25, -0.2) is 4.98 Å². The van der Waals surface area contributed by atoms with Gasteiger partial charge in [-0.15, -0.1) is 11.3 Å². The Morgan fingerprint density at radius 3 is 2.80 bits per heavy atom. The number of carbonyl (C=O) groups is 1. The Labute approximate surface area is 121 Å². The highest BCUT2D eigenvalue weighted by Crippen LogP contribution is 2.19. The first-order valence-corrected chi connectivity index (χ1v) is 7.31. The summed E-state index contributed by atoms with van der Waals surface area (Å²) < 4.78 is 7.31. The van der Waals surface area contributed by atoms with Crippen molar-refractivity contribution >= 4 is 27.5 Å². The topological polar surface area (TPSA) is 61.2 Å². The maximum absolute atomic E-state index is 12.2. The molecular formula is C14H18N2O3S. The molecule has 0 aromatic carbocycles. The number of thiophene rings is 1. The summed E-state index contributed by atoms with van der Waals surface area (Å²) in [5, 5.41) is 1.91. The largest absolute Gasteiger partial charge is 0.460 e. The molecule has 0 saturated carbocycles. The molecule has 0 atom stereocenters. The molecule has 108 valence electrons. The van der Waals surface area contributed by atoms with Gasteiger partial charge in [-0.1, -0.05) is 0 Å². The van der Waals surface area contributed by atoms with Gasteiger partial charge >= 0.3 is 5.97 Å². The SMILES string of the molecule is Cc1csc2c(=O)n(CCC(=O)OC(C)(C)C)cnc12. The van der Waals surface area contributed by atoms with E-state index in [1.165, 1.54) is 22.2 Å². The van der Waals surface area contributed by atoms with E-state index in [0.717, 1.165) is 11.1 Å². The zero-order valence-electron chi connectivity index (χ0n) is 12.1.